The van der Waals surface area contributed by atoms with E-state index in [1.54, 1.807) is 24.6 Å². The summed E-state index contributed by atoms with van der Waals surface area (Å²) >= 11 is 1.72. The lowest BCUT2D eigenvalue weighted by Gasteiger charge is -2.09. The van der Waals surface area contributed by atoms with Gasteiger partial charge in [0.2, 0.25) is 0 Å². The molecule has 2 aromatic rings. The molecular formula is C12H18IN5OS. The molecule has 110 valence electrons. The average Bonchev–Trinajstić information content (AvgIpc) is 3.05. The minimum absolute atomic E-state index is 0. The normalized spacial score (nSPS) is 11.0. The monoisotopic (exact) mass is 407 g/mol. The highest BCUT2D eigenvalue weighted by atomic mass is 127. The fourth-order valence-corrected chi connectivity index (χ4v) is 2.32. The van der Waals surface area contributed by atoms with Gasteiger partial charge in [-0.3, -0.25) is 4.99 Å². The van der Waals surface area contributed by atoms with Gasteiger partial charge in [-0.1, -0.05) is 5.16 Å². The van der Waals surface area contributed by atoms with Gasteiger partial charge in [-0.15, -0.1) is 35.3 Å². The number of thiazole rings is 1. The Labute approximate surface area is 139 Å². The third-order valence-corrected chi connectivity index (χ3v) is 3.42. The lowest BCUT2D eigenvalue weighted by molar-refractivity contribution is 0.410. The maximum atomic E-state index is 4.76. The van der Waals surface area contributed by atoms with E-state index in [4.69, 9.17) is 4.52 Å². The number of nitrogens with zero attached hydrogens (tertiary/aromatic N) is 3. The molecule has 0 atom stereocenters. The molecule has 2 aromatic heterocycles. The van der Waals surface area contributed by atoms with Gasteiger partial charge in [0.05, 0.1) is 11.6 Å². The van der Waals surface area contributed by atoms with Crippen LogP contribution in [0.4, 0.5) is 0 Å². The molecule has 20 heavy (non-hydrogen) atoms. The zero-order valence-electron chi connectivity index (χ0n) is 11.4. The molecule has 0 amide bonds. The van der Waals surface area contributed by atoms with Crippen molar-refractivity contribution in [1.29, 1.82) is 0 Å². The summed E-state index contributed by atoms with van der Waals surface area (Å²) in [6, 6.07) is 1.82. The molecule has 0 unspecified atom stereocenters. The van der Waals surface area contributed by atoms with Gasteiger partial charge in [-0.05, 0) is 6.92 Å². The van der Waals surface area contributed by atoms with Gasteiger partial charge in [0.15, 0.2) is 5.96 Å². The number of guanidine groups is 1. The van der Waals surface area contributed by atoms with Gasteiger partial charge in [0, 0.05) is 37.2 Å². The van der Waals surface area contributed by atoms with Gasteiger partial charge in [0.25, 0.3) is 0 Å². The van der Waals surface area contributed by atoms with Crippen molar-refractivity contribution in [2.45, 2.75) is 19.9 Å². The molecule has 0 bridgehead atoms. The fraction of sp³-hybridized carbons (Fsp3) is 0.417. The summed E-state index contributed by atoms with van der Waals surface area (Å²) < 4.78 is 4.76. The quantitative estimate of drug-likeness (QED) is 0.451. The second-order valence-electron chi connectivity index (χ2n) is 3.96. The molecule has 0 aliphatic carbocycles. The standard InChI is InChI=1S/C12H17N5OS.HI/c1-9-7-15-11(19-9)3-5-14-12(13-2)16-8-10-4-6-18-17-10;/h4,6-7H,3,5,8H2,1-2H3,(H2,13,14,16);1H. The molecular weight excluding hydrogens is 389 g/mol. The first-order valence-corrected chi connectivity index (χ1v) is 6.84. The van der Waals surface area contributed by atoms with Crippen LogP contribution >= 0.6 is 35.3 Å². The lowest BCUT2D eigenvalue weighted by atomic mass is 10.4. The summed E-state index contributed by atoms with van der Waals surface area (Å²) in [6.45, 7) is 3.45. The fourth-order valence-electron chi connectivity index (χ4n) is 1.53. The topological polar surface area (TPSA) is 75.3 Å². The highest BCUT2D eigenvalue weighted by Gasteiger charge is 2.02. The molecule has 0 fully saturated rings. The van der Waals surface area contributed by atoms with Gasteiger partial charge in [0.1, 0.15) is 12.0 Å². The lowest BCUT2D eigenvalue weighted by Crippen LogP contribution is -2.37. The summed E-state index contributed by atoms with van der Waals surface area (Å²) in [5.74, 6) is 0.747. The number of aromatic nitrogens is 2. The van der Waals surface area contributed by atoms with E-state index in [0.717, 1.165) is 29.6 Å². The van der Waals surface area contributed by atoms with Crippen molar-refractivity contribution in [2.75, 3.05) is 13.6 Å². The van der Waals surface area contributed by atoms with Crippen LogP contribution in [-0.2, 0) is 13.0 Å². The van der Waals surface area contributed by atoms with Crippen LogP contribution in [0, 0.1) is 6.92 Å². The van der Waals surface area contributed by atoms with Crippen LogP contribution in [0.1, 0.15) is 15.6 Å². The number of aliphatic imine (C=N–C) groups is 1. The molecule has 0 aliphatic heterocycles. The number of aryl methyl sites for hydroxylation is 1. The van der Waals surface area contributed by atoms with Crippen molar-refractivity contribution in [3.63, 3.8) is 0 Å². The predicted octanol–water partition coefficient (Wildman–Crippen LogP) is 1.97. The van der Waals surface area contributed by atoms with E-state index in [2.05, 4.69) is 32.7 Å². The molecule has 2 heterocycles. The number of halogens is 1. The summed E-state index contributed by atoms with van der Waals surface area (Å²) in [4.78, 5) is 9.70. The first-order chi connectivity index (χ1) is 9.28. The Morgan fingerprint density at radius 2 is 2.30 bits per heavy atom. The molecule has 0 aromatic carbocycles. The van der Waals surface area contributed by atoms with Crippen LogP contribution in [0.2, 0.25) is 0 Å². The highest BCUT2D eigenvalue weighted by Crippen LogP contribution is 2.10. The third kappa shape index (κ3) is 5.45. The molecule has 6 nitrogen and oxygen atoms in total. The maximum Gasteiger partial charge on any atom is 0.191 e. The summed E-state index contributed by atoms with van der Waals surface area (Å²) in [6.07, 6.45) is 4.35. The van der Waals surface area contributed by atoms with Crippen LogP contribution in [-0.4, -0.2) is 29.7 Å². The largest absolute Gasteiger partial charge is 0.364 e. The van der Waals surface area contributed by atoms with Crippen molar-refractivity contribution in [2.24, 2.45) is 4.99 Å². The van der Waals surface area contributed by atoms with Crippen LogP contribution in [0.15, 0.2) is 28.0 Å². The van der Waals surface area contributed by atoms with Crippen molar-refractivity contribution in [1.82, 2.24) is 20.8 Å². The van der Waals surface area contributed by atoms with Crippen molar-refractivity contribution in [3.8, 4) is 0 Å². The Bertz CT molecular complexity index is 526. The van der Waals surface area contributed by atoms with E-state index in [1.165, 1.54) is 4.88 Å². The number of nitrogens with one attached hydrogen (secondary N) is 2. The molecule has 2 N–H and O–H groups in total. The van der Waals surface area contributed by atoms with E-state index < -0.39 is 0 Å². The molecule has 0 radical (unpaired) electrons. The Kier molecular flexibility index (Phi) is 7.52. The Hall–Kier alpha value is -1.16. The van der Waals surface area contributed by atoms with E-state index in [9.17, 15) is 0 Å². The Morgan fingerprint density at radius 1 is 1.45 bits per heavy atom. The molecule has 2 rings (SSSR count). The predicted molar refractivity (Wildman–Crippen MR) is 90.7 cm³/mol. The number of hydrogen-bond acceptors (Lipinski definition) is 5. The van der Waals surface area contributed by atoms with E-state index in [0.29, 0.717) is 6.54 Å². The van der Waals surface area contributed by atoms with Gasteiger partial charge in [-0.2, -0.15) is 0 Å². The van der Waals surface area contributed by atoms with Crippen molar-refractivity contribution in [3.05, 3.63) is 34.1 Å². The summed E-state index contributed by atoms with van der Waals surface area (Å²) in [5.41, 5.74) is 0.846. The second kappa shape index (κ2) is 8.90. The summed E-state index contributed by atoms with van der Waals surface area (Å²) in [7, 11) is 1.74. The molecule has 8 heteroatoms. The minimum Gasteiger partial charge on any atom is -0.364 e. The zero-order chi connectivity index (χ0) is 13.5. The molecule has 0 saturated heterocycles. The zero-order valence-corrected chi connectivity index (χ0v) is 14.6. The van der Waals surface area contributed by atoms with Gasteiger partial charge in [-0.25, -0.2) is 4.98 Å². The maximum absolute atomic E-state index is 4.76. The molecule has 0 spiro atoms. The Morgan fingerprint density at radius 3 is 2.90 bits per heavy atom. The first kappa shape index (κ1) is 16.9. The minimum atomic E-state index is 0. The smallest absolute Gasteiger partial charge is 0.191 e. The molecule has 0 aliphatic rings. The van der Waals surface area contributed by atoms with Crippen LogP contribution in [0.3, 0.4) is 0 Å². The highest BCUT2D eigenvalue weighted by molar-refractivity contribution is 14.0. The first-order valence-electron chi connectivity index (χ1n) is 6.03. The number of hydrogen-bond donors (Lipinski definition) is 2. The van der Waals surface area contributed by atoms with Gasteiger partial charge >= 0.3 is 0 Å². The Balaban J connectivity index is 0.00000200. The molecule has 0 saturated carbocycles. The van der Waals surface area contributed by atoms with Gasteiger partial charge < -0.3 is 15.2 Å². The second-order valence-corrected chi connectivity index (χ2v) is 5.28. The van der Waals surface area contributed by atoms with E-state index in [-0.39, 0.29) is 24.0 Å². The van der Waals surface area contributed by atoms with Crippen LogP contribution < -0.4 is 10.6 Å². The van der Waals surface area contributed by atoms with Crippen LogP contribution in [0.5, 0.6) is 0 Å². The summed E-state index contributed by atoms with van der Waals surface area (Å²) in [5, 5.41) is 11.4. The van der Waals surface area contributed by atoms with E-state index >= 15 is 0 Å². The third-order valence-electron chi connectivity index (χ3n) is 2.45. The van der Waals surface area contributed by atoms with E-state index in [1.807, 2.05) is 12.3 Å². The van der Waals surface area contributed by atoms with Crippen molar-refractivity contribution >= 4 is 41.3 Å². The number of rotatable bonds is 5. The van der Waals surface area contributed by atoms with Crippen molar-refractivity contribution < 1.29 is 4.52 Å². The average molecular weight is 407 g/mol. The van der Waals surface area contributed by atoms with Crippen LogP contribution in [0.25, 0.3) is 0 Å². The SMILES string of the molecule is CN=C(NCCc1ncc(C)s1)NCc1ccon1.I.